The molecule has 4 nitrogen and oxygen atoms in total. The number of ether oxygens (including phenoxy) is 1. The molecule has 0 fully saturated rings. The highest BCUT2D eigenvalue weighted by molar-refractivity contribution is 5.37. The summed E-state index contributed by atoms with van der Waals surface area (Å²) in [7, 11) is 0. The van der Waals surface area contributed by atoms with Crippen LogP contribution in [0.5, 0.6) is 5.75 Å². The Kier molecular flexibility index (Phi) is 5.15. The van der Waals surface area contributed by atoms with Gasteiger partial charge >= 0.3 is 0 Å². The number of aryl methyl sites for hydroxylation is 1. The number of nitro groups is 1. The van der Waals surface area contributed by atoms with Gasteiger partial charge < -0.3 is 4.74 Å². The van der Waals surface area contributed by atoms with Crippen LogP contribution in [0.1, 0.15) is 36.5 Å². The van der Waals surface area contributed by atoms with E-state index in [1.165, 1.54) is 0 Å². The van der Waals surface area contributed by atoms with Gasteiger partial charge in [-0.2, -0.15) is 0 Å². The minimum Gasteiger partial charge on any atom is -0.494 e. The molecule has 0 aromatic heterocycles. The van der Waals surface area contributed by atoms with Gasteiger partial charge in [0.15, 0.2) is 0 Å². The second-order valence-electron chi connectivity index (χ2n) is 5.42. The Bertz CT molecular complexity index is 620. The smallest absolute Gasteiger partial charge is 0.221 e. The summed E-state index contributed by atoms with van der Waals surface area (Å²) in [6.45, 7) is 6.19. The van der Waals surface area contributed by atoms with Gasteiger partial charge in [-0.25, -0.2) is 0 Å². The monoisotopic (exact) mass is 299 g/mol. The van der Waals surface area contributed by atoms with E-state index in [2.05, 4.69) is 0 Å². The Morgan fingerprint density at radius 1 is 1.05 bits per heavy atom. The third-order valence-electron chi connectivity index (χ3n) is 3.80. The molecular formula is C18H21NO3. The molecule has 0 heterocycles. The molecule has 0 amide bonds. The predicted octanol–water partition coefficient (Wildman–Crippen LogP) is 4.19. The maximum absolute atomic E-state index is 11.3. The van der Waals surface area contributed by atoms with Crippen molar-refractivity contribution in [3.8, 4) is 5.75 Å². The van der Waals surface area contributed by atoms with Crippen LogP contribution in [0.4, 0.5) is 0 Å². The molecule has 2 aromatic carbocycles. The van der Waals surface area contributed by atoms with Crippen LogP contribution in [-0.4, -0.2) is 17.6 Å². The molecular weight excluding hydrogens is 278 g/mol. The first-order valence-corrected chi connectivity index (χ1v) is 7.45. The van der Waals surface area contributed by atoms with Crippen molar-refractivity contribution in [2.45, 2.75) is 32.7 Å². The van der Waals surface area contributed by atoms with Crippen LogP contribution >= 0.6 is 0 Å². The summed E-state index contributed by atoms with van der Waals surface area (Å²) in [6.07, 6.45) is 0. The highest BCUT2D eigenvalue weighted by Gasteiger charge is 2.29. The van der Waals surface area contributed by atoms with Crippen LogP contribution < -0.4 is 4.74 Å². The molecule has 2 aromatic rings. The van der Waals surface area contributed by atoms with Crippen molar-refractivity contribution in [3.05, 3.63) is 75.3 Å². The molecule has 22 heavy (non-hydrogen) atoms. The van der Waals surface area contributed by atoms with E-state index in [0.29, 0.717) is 6.61 Å². The van der Waals surface area contributed by atoms with Crippen LogP contribution in [0.25, 0.3) is 0 Å². The predicted molar refractivity (Wildman–Crippen MR) is 87.1 cm³/mol. The summed E-state index contributed by atoms with van der Waals surface area (Å²) in [6, 6.07) is 14.8. The fraction of sp³-hybridized carbons (Fsp3) is 0.333. The van der Waals surface area contributed by atoms with Crippen LogP contribution in [0.15, 0.2) is 48.5 Å². The number of hydrogen-bond acceptors (Lipinski definition) is 3. The fourth-order valence-corrected chi connectivity index (χ4v) is 2.58. The molecule has 0 N–H and O–H groups in total. The lowest BCUT2D eigenvalue weighted by Gasteiger charge is -2.20. The molecule has 0 aliphatic carbocycles. The summed E-state index contributed by atoms with van der Waals surface area (Å²) in [5.74, 6) is 0.508. The summed E-state index contributed by atoms with van der Waals surface area (Å²) in [4.78, 5) is 11.1. The molecule has 0 saturated heterocycles. The van der Waals surface area contributed by atoms with E-state index in [1.807, 2.05) is 62.4 Å². The van der Waals surface area contributed by atoms with Crippen molar-refractivity contribution in [3.63, 3.8) is 0 Å². The standard InChI is InChI=1S/C18H21NO3/c1-4-22-17-11-9-16(10-12-17)18(14(3)19(20)21)15-7-5-13(2)6-8-15/h5-12,14,18H,4H2,1-3H3. The summed E-state index contributed by atoms with van der Waals surface area (Å²) in [5, 5.41) is 11.3. The highest BCUT2D eigenvalue weighted by atomic mass is 16.6. The van der Waals surface area contributed by atoms with Gasteiger partial charge in [-0.1, -0.05) is 42.0 Å². The topological polar surface area (TPSA) is 52.4 Å². The molecule has 2 rings (SSSR count). The minimum absolute atomic E-state index is 0.221. The summed E-state index contributed by atoms with van der Waals surface area (Å²) in [5.41, 5.74) is 3.03. The zero-order chi connectivity index (χ0) is 16.1. The van der Waals surface area contributed by atoms with Crippen molar-refractivity contribution in [1.82, 2.24) is 0 Å². The van der Waals surface area contributed by atoms with Gasteiger partial charge in [0.1, 0.15) is 5.75 Å². The third-order valence-corrected chi connectivity index (χ3v) is 3.80. The Hall–Kier alpha value is -2.36. The van der Waals surface area contributed by atoms with Crippen molar-refractivity contribution in [1.29, 1.82) is 0 Å². The van der Waals surface area contributed by atoms with E-state index in [9.17, 15) is 10.1 Å². The average Bonchev–Trinajstić information content (AvgIpc) is 2.51. The Morgan fingerprint density at radius 2 is 1.55 bits per heavy atom. The molecule has 0 aliphatic rings. The zero-order valence-electron chi connectivity index (χ0n) is 13.2. The Labute approximate surface area is 130 Å². The van der Waals surface area contributed by atoms with E-state index in [0.717, 1.165) is 22.4 Å². The van der Waals surface area contributed by atoms with Crippen LogP contribution in [-0.2, 0) is 0 Å². The fourth-order valence-electron chi connectivity index (χ4n) is 2.58. The van der Waals surface area contributed by atoms with E-state index in [1.54, 1.807) is 6.92 Å². The average molecular weight is 299 g/mol. The molecule has 116 valence electrons. The Balaban J connectivity index is 2.39. The Morgan fingerprint density at radius 3 is 2.00 bits per heavy atom. The number of rotatable bonds is 6. The first-order valence-electron chi connectivity index (χ1n) is 7.45. The van der Waals surface area contributed by atoms with Gasteiger partial charge in [-0.3, -0.25) is 10.1 Å². The maximum atomic E-state index is 11.3. The lowest BCUT2D eigenvalue weighted by molar-refractivity contribution is -0.520. The largest absolute Gasteiger partial charge is 0.494 e. The highest BCUT2D eigenvalue weighted by Crippen LogP contribution is 2.31. The normalized spacial score (nSPS) is 13.4. The van der Waals surface area contributed by atoms with Crippen molar-refractivity contribution in [2.24, 2.45) is 0 Å². The van der Waals surface area contributed by atoms with E-state index < -0.39 is 6.04 Å². The zero-order valence-corrected chi connectivity index (χ0v) is 13.2. The lowest BCUT2D eigenvalue weighted by atomic mass is 9.85. The molecule has 0 aliphatic heterocycles. The van der Waals surface area contributed by atoms with E-state index in [-0.39, 0.29) is 10.8 Å². The van der Waals surface area contributed by atoms with Gasteiger partial charge in [0, 0.05) is 11.8 Å². The quantitative estimate of drug-likeness (QED) is 0.593. The lowest BCUT2D eigenvalue weighted by Crippen LogP contribution is -2.25. The SMILES string of the molecule is CCOc1ccc(C(c2ccc(C)cc2)C(C)[N+](=O)[O-])cc1. The van der Waals surface area contributed by atoms with Gasteiger partial charge in [-0.15, -0.1) is 0 Å². The molecule has 0 saturated carbocycles. The molecule has 0 radical (unpaired) electrons. The minimum atomic E-state index is -0.694. The van der Waals surface area contributed by atoms with Crippen LogP contribution in [0.3, 0.4) is 0 Å². The first kappa shape index (κ1) is 16.0. The summed E-state index contributed by atoms with van der Waals surface area (Å²) >= 11 is 0. The van der Waals surface area contributed by atoms with Crippen LogP contribution in [0.2, 0.25) is 0 Å². The van der Waals surface area contributed by atoms with Gasteiger partial charge in [0.2, 0.25) is 6.04 Å². The van der Waals surface area contributed by atoms with Crippen molar-refractivity contribution >= 4 is 0 Å². The number of benzene rings is 2. The van der Waals surface area contributed by atoms with Crippen molar-refractivity contribution in [2.75, 3.05) is 6.61 Å². The van der Waals surface area contributed by atoms with E-state index >= 15 is 0 Å². The summed E-state index contributed by atoms with van der Waals surface area (Å²) < 4.78 is 5.44. The van der Waals surface area contributed by atoms with Crippen LogP contribution in [0, 0.1) is 17.0 Å². The maximum Gasteiger partial charge on any atom is 0.221 e. The molecule has 0 bridgehead atoms. The third kappa shape index (κ3) is 3.64. The number of hydrogen-bond donors (Lipinski definition) is 0. The van der Waals surface area contributed by atoms with E-state index in [4.69, 9.17) is 4.74 Å². The van der Waals surface area contributed by atoms with Crippen molar-refractivity contribution < 1.29 is 9.66 Å². The van der Waals surface area contributed by atoms with Gasteiger partial charge in [0.25, 0.3) is 0 Å². The second kappa shape index (κ2) is 7.07. The second-order valence-corrected chi connectivity index (χ2v) is 5.42. The molecule has 4 heteroatoms. The molecule has 2 unspecified atom stereocenters. The molecule has 2 atom stereocenters. The first-order chi connectivity index (χ1) is 10.5. The van der Waals surface area contributed by atoms with Gasteiger partial charge in [-0.05, 0) is 37.1 Å². The van der Waals surface area contributed by atoms with Gasteiger partial charge in [0.05, 0.1) is 12.5 Å². The number of nitrogens with zero attached hydrogens (tertiary/aromatic N) is 1. The molecule has 0 spiro atoms.